The van der Waals surface area contributed by atoms with Gasteiger partial charge in [0.1, 0.15) is 0 Å². The van der Waals surface area contributed by atoms with E-state index in [0.717, 1.165) is 22.5 Å². The fraction of sp³-hybridized carbons (Fsp3) is 0.100. The SMILES string of the molecule is C/C(=N/NC(=S)Nc1ccccc1C)c1ccc2ccccc2c1. The number of benzene rings is 3. The molecule has 4 heteroatoms. The van der Waals surface area contributed by atoms with Crippen LogP contribution < -0.4 is 10.7 Å². The van der Waals surface area contributed by atoms with E-state index in [9.17, 15) is 0 Å². The number of hydrogen-bond acceptors (Lipinski definition) is 2. The molecule has 0 aromatic heterocycles. The van der Waals surface area contributed by atoms with Gasteiger partial charge in [-0.1, -0.05) is 54.6 Å². The lowest BCUT2D eigenvalue weighted by Crippen LogP contribution is -2.25. The van der Waals surface area contributed by atoms with E-state index in [-0.39, 0.29) is 0 Å². The first kappa shape index (κ1) is 16.1. The van der Waals surface area contributed by atoms with E-state index >= 15 is 0 Å². The van der Waals surface area contributed by atoms with Crippen molar-refractivity contribution in [2.24, 2.45) is 5.10 Å². The molecule has 3 rings (SSSR count). The summed E-state index contributed by atoms with van der Waals surface area (Å²) in [6.45, 7) is 4.00. The normalized spacial score (nSPS) is 11.3. The van der Waals surface area contributed by atoms with Crippen LogP contribution in [0.1, 0.15) is 18.1 Å². The standard InChI is InChI=1S/C20H19N3S/c1-14-7-3-6-10-19(14)21-20(24)23-22-15(2)17-12-11-16-8-4-5-9-18(16)13-17/h3-13H,1-2H3,(H2,21,23,24)/b22-15-. The van der Waals surface area contributed by atoms with E-state index in [1.165, 1.54) is 10.8 Å². The smallest absolute Gasteiger partial charge is 0.191 e. The number of rotatable bonds is 3. The number of hydrogen-bond donors (Lipinski definition) is 2. The zero-order chi connectivity index (χ0) is 16.9. The Hall–Kier alpha value is -2.72. The summed E-state index contributed by atoms with van der Waals surface area (Å²) in [5, 5.41) is 10.4. The highest BCUT2D eigenvalue weighted by molar-refractivity contribution is 7.80. The molecule has 0 bridgehead atoms. The van der Waals surface area contributed by atoms with Crippen LogP contribution in [0.15, 0.2) is 71.8 Å². The number of nitrogens with zero attached hydrogens (tertiary/aromatic N) is 1. The predicted octanol–water partition coefficient (Wildman–Crippen LogP) is 4.86. The van der Waals surface area contributed by atoms with Crippen LogP contribution in [0.2, 0.25) is 0 Å². The van der Waals surface area contributed by atoms with Gasteiger partial charge in [0.2, 0.25) is 0 Å². The summed E-state index contributed by atoms with van der Waals surface area (Å²) in [7, 11) is 0. The van der Waals surface area contributed by atoms with Gasteiger partial charge < -0.3 is 5.32 Å². The van der Waals surface area contributed by atoms with Gasteiger partial charge in [-0.3, -0.25) is 5.43 Å². The maximum Gasteiger partial charge on any atom is 0.191 e. The molecule has 0 saturated carbocycles. The number of para-hydroxylation sites is 1. The van der Waals surface area contributed by atoms with E-state index in [1.54, 1.807) is 0 Å². The quantitative estimate of drug-likeness (QED) is 0.408. The van der Waals surface area contributed by atoms with Crippen LogP contribution in [0.25, 0.3) is 10.8 Å². The van der Waals surface area contributed by atoms with Crippen LogP contribution in [0.3, 0.4) is 0 Å². The maximum atomic E-state index is 5.31. The van der Waals surface area contributed by atoms with Crippen LogP contribution in [0.5, 0.6) is 0 Å². The average Bonchev–Trinajstić information content (AvgIpc) is 2.61. The first-order valence-electron chi connectivity index (χ1n) is 7.79. The lowest BCUT2D eigenvalue weighted by atomic mass is 10.0. The Morgan fingerprint density at radius 2 is 1.62 bits per heavy atom. The number of nitrogens with one attached hydrogen (secondary N) is 2. The topological polar surface area (TPSA) is 36.4 Å². The monoisotopic (exact) mass is 333 g/mol. The van der Waals surface area contributed by atoms with E-state index < -0.39 is 0 Å². The molecule has 3 nitrogen and oxygen atoms in total. The summed E-state index contributed by atoms with van der Waals surface area (Å²) in [6, 6.07) is 22.6. The number of thiocarbonyl (C=S) groups is 1. The van der Waals surface area contributed by atoms with E-state index in [4.69, 9.17) is 12.2 Å². The Morgan fingerprint density at radius 1 is 0.917 bits per heavy atom. The van der Waals surface area contributed by atoms with E-state index in [0.29, 0.717) is 5.11 Å². The molecule has 0 radical (unpaired) electrons. The summed E-state index contributed by atoms with van der Waals surface area (Å²) in [5.74, 6) is 0. The summed E-state index contributed by atoms with van der Waals surface area (Å²) in [4.78, 5) is 0. The van der Waals surface area contributed by atoms with Crippen molar-refractivity contribution in [2.45, 2.75) is 13.8 Å². The molecule has 0 aliphatic heterocycles. The molecule has 0 atom stereocenters. The van der Waals surface area contributed by atoms with Gasteiger partial charge in [0.25, 0.3) is 0 Å². The minimum Gasteiger partial charge on any atom is -0.331 e. The summed E-state index contributed by atoms with van der Waals surface area (Å²) >= 11 is 5.31. The van der Waals surface area contributed by atoms with Crippen molar-refractivity contribution >= 4 is 39.5 Å². The zero-order valence-electron chi connectivity index (χ0n) is 13.7. The van der Waals surface area contributed by atoms with Gasteiger partial charge in [-0.25, -0.2) is 0 Å². The molecule has 120 valence electrons. The highest BCUT2D eigenvalue weighted by atomic mass is 32.1. The molecule has 0 spiro atoms. The molecule has 2 N–H and O–H groups in total. The van der Waals surface area contributed by atoms with Crippen molar-refractivity contribution < 1.29 is 0 Å². The van der Waals surface area contributed by atoms with Gasteiger partial charge in [0.05, 0.1) is 5.71 Å². The van der Waals surface area contributed by atoms with Gasteiger partial charge in [0, 0.05) is 5.69 Å². The largest absolute Gasteiger partial charge is 0.331 e. The fourth-order valence-electron chi connectivity index (χ4n) is 2.48. The Balaban J connectivity index is 1.70. The third-order valence-electron chi connectivity index (χ3n) is 3.89. The molecular formula is C20H19N3S. The van der Waals surface area contributed by atoms with Crippen molar-refractivity contribution in [3.63, 3.8) is 0 Å². The van der Waals surface area contributed by atoms with Crippen molar-refractivity contribution in [1.82, 2.24) is 5.43 Å². The van der Waals surface area contributed by atoms with E-state index in [2.05, 4.69) is 46.2 Å². The second-order valence-electron chi connectivity index (χ2n) is 5.64. The van der Waals surface area contributed by atoms with Crippen LogP contribution in [0, 0.1) is 6.92 Å². The lowest BCUT2D eigenvalue weighted by Gasteiger charge is -2.10. The molecule has 0 saturated heterocycles. The predicted molar refractivity (Wildman–Crippen MR) is 107 cm³/mol. The second kappa shape index (κ2) is 7.23. The van der Waals surface area contributed by atoms with Crippen molar-refractivity contribution in [1.29, 1.82) is 0 Å². The van der Waals surface area contributed by atoms with Crippen LogP contribution in [-0.2, 0) is 0 Å². The maximum absolute atomic E-state index is 5.31. The third kappa shape index (κ3) is 3.78. The van der Waals surface area contributed by atoms with E-state index in [1.807, 2.05) is 50.2 Å². The second-order valence-corrected chi connectivity index (χ2v) is 6.05. The molecule has 0 aliphatic carbocycles. The number of hydrazone groups is 1. The summed E-state index contributed by atoms with van der Waals surface area (Å²) < 4.78 is 0. The zero-order valence-corrected chi connectivity index (χ0v) is 14.5. The van der Waals surface area contributed by atoms with Crippen molar-refractivity contribution in [3.8, 4) is 0 Å². The molecule has 3 aromatic carbocycles. The molecule has 24 heavy (non-hydrogen) atoms. The molecule has 0 unspecified atom stereocenters. The Bertz CT molecular complexity index is 915. The van der Waals surface area contributed by atoms with Crippen molar-refractivity contribution in [3.05, 3.63) is 77.9 Å². The highest BCUT2D eigenvalue weighted by Gasteiger charge is 2.02. The minimum absolute atomic E-state index is 0.476. The Morgan fingerprint density at radius 3 is 2.42 bits per heavy atom. The van der Waals surface area contributed by atoms with Crippen LogP contribution in [0.4, 0.5) is 5.69 Å². The number of aryl methyl sites for hydroxylation is 1. The first-order valence-corrected chi connectivity index (χ1v) is 8.20. The van der Waals surface area contributed by atoms with Gasteiger partial charge >= 0.3 is 0 Å². The van der Waals surface area contributed by atoms with Gasteiger partial charge in [0.15, 0.2) is 5.11 Å². The molecule has 0 aliphatic rings. The number of fused-ring (bicyclic) bond motifs is 1. The number of anilines is 1. The summed E-state index contributed by atoms with van der Waals surface area (Å²) in [5.41, 5.74) is 6.98. The first-order chi connectivity index (χ1) is 11.6. The van der Waals surface area contributed by atoms with Crippen LogP contribution in [-0.4, -0.2) is 10.8 Å². The third-order valence-corrected chi connectivity index (χ3v) is 4.08. The average molecular weight is 333 g/mol. The summed E-state index contributed by atoms with van der Waals surface area (Å²) in [6.07, 6.45) is 0. The highest BCUT2D eigenvalue weighted by Crippen LogP contribution is 2.16. The van der Waals surface area contributed by atoms with Gasteiger partial charge in [-0.05, 0) is 60.1 Å². The molecular weight excluding hydrogens is 314 g/mol. The molecule has 3 aromatic rings. The van der Waals surface area contributed by atoms with Gasteiger partial charge in [-0.15, -0.1) is 0 Å². The minimum atomic E-state index is 0.476. The Kier molecular flexibility index (Phi) is 4.87. The lowest BCUT2D eigenvalue weighted by molar-refractivity contribution is 1.04. The van der Waals surface area contributed by atoms with Crippen molar-refractivity contribution in [2.75, 3.05) is 5.32 Å². The molecule has 0 amide bonds. The molecule has 0 fully saturated rings. The van der Waals surface area contributed by atoms with Crippen LogP contribution >= 0.6 is 12.2 Å². The Labute approximate surface area is 147 Å². The van der Waals surface area contributed by atoms with Gasteiger partial charge in [-0.2, -0.15) is 5.10 Å². The fourth-order valence-corrected chi connectivity index (χ4v) is 2.63. The molecule has 0 heterocycles.